The van der Waals surface area contributed by atoms with E-state index in [0.29, 0.717) is 18.7 Å². The lowest BCUT2D eigenvalue weighted by Crippen LogP contribution is -2.39. The van der Waals surface area contributed by atoms with Gasteiger partial charge in [0.15, 0.2) is 0 Å². The fourth-order valence-corrected chi connectivity index (χ4v) is 3.14. The second-order valence-corrected chi connectivity index (χ2v) is 5.55. The van der Waals surface area contributed by atoms with E-state index < -0.39 is 11.9 Å². The molecule has 0 N–H and O–H groups in total. The number of amides is 3. The lowest BCUT2D eigenvalue weighted by atomic mass is 9.95. The van der Waals surface area contributed by atoms with E-state index in [4.69, 9.17) is 0 Å². The quantitative estimate of drug-likeness (QED) is 0.759. The number of fused-ring (bicyclic) bond motifs is 2. The fourth-order valence-electron chi connectivity index (χ4n) is 3.14. The van der Waals surface area contributed by atoms with E-state index in [1.807, 2.05) is 24.3 Å². The summed E-state index contributed by atoms with van der Waals surface area (Å²) in [5.74, 6) is -0.640. The summed E-state index contributed by atoms with van der Waals surface area (Å²) in [6, 6.07) is 12.4. The summed E-state index contributed by atoms with van der Waals surface area (Å²) >= 11 is 0. The number of benzene rings is 2. The van der Waals surface area contributed by atoms with Gasteiger partial charge in [0.05, 0.1) is 5.69 Å². The number of anilines is 1. The van der Waals surface area contributed by atoms with Crippen LogP contribution in [0.5, 0.6) is 0 Å². The van der Waals surface area contributed by atoms with E-state index in [0.717, 1.165) is 16.0 Å². The lowest BCUT2D eigenvalue weighted by Gasteiger charge is -2.28. The van der Waals surface area contributed by atoms with Crippen molar-refractivity contribution in [2.75, 3.05) is 4.90 Å². The number of imide groups is 1. The molecule has 110 valence electrons. The molecule has 22 heavy (non-hydrogen) atoms. The minimum absolute atomic E-state index is 0.244. The summed E-state index contributed by atoms with van der Waals surface area (Å²) in [5, 5.41) is 0. The molecule has 1 fully saturated rings. The Balaban J connectivity index is 1.71. The molecule has 1 saturated heterocycles. The van der Waals surface area contributed by atoms with E-state index >= 15 is 0 Å². The highest BCUT2D eigenvalue weighted by molar-refractivity contribution is 6.21. The van der Waals surface area contributed by atoms with Crippen molar-refractivity contribution in [2.45, 2.75) is 19.0 Å². The van der Waals surface area contributed by atoms with Crippen LogP contribution in [0.25, 0.3) is 0 Å². The van der Waals surface area contributed by atoms with Crippen molar-refractivity contribution in [3.63, 3.8) is 0 Å². The third-order valence-corrected chi connectivity index (χ3v) is 4.28. The SMILES string of the molecule is O=C1C2Cc3ccccc3CN2C(=O)N1c1ccc(F)cc1. The van der Waals surface area contributed by atoms with Crippen molar-refractivity contribution in [1.82, 2.24) is 4.90 Å². The number of carbonyl (C=O) groups excluding carboxylic acids is 2. The van der Waals surface area contributed by atoms with E-state index in [1.165, 1.54) is 24.3 Å². The summed E-state index contributed by atoms with van der Waals surface area (Å²) in [6.45, 7) is 0.434. The first-order valence-corrected chi connectivity index (χ1v) is 7.12. The first-order valence-electron chi connectivity index (χ1n) is 7.12. The molecule has 2 heterocycles. The Labute approximate surface area is 126 Å². The van der Waals surface area contributed by atoms with Crippen LogP contribution in [-0.4, -0.2) is 22.9 Å². The average Bonchev–Trinajstić information content (AvgIpc) is 2.78. The van der Waals surface area contributed by atoms with E-state index in [-0.39, 0.29) is 11.9 Å². The van der Waals surface area contributed by atoms with Gasteiger partial charge in [-0.3, -0.25) is 4.79 Å². The fraction of sp³-hybridized carbons (Fsp3) is 0.176. The maximum absolute atomic E-state index is 13.0. The molecule has 2 aromatic rings. The van der Waals surface area contributed by atoms with Crippen molar-refractivity contribution in [1.29, 1.82) is 0 Å². The number of halogens is 1. The molecule has 0 radical (unpaired) electrons. The second-order valence-electron chi connectivity index (χ2n) is 5.55. The number of carbonyl (C=O) groups is 2. The van der Waals surface area contributed by atoms with Crippen LogP contribution in [0.3, 0.4) is 0 Å². The zero-order valence-corrected chi connectivity index (χ0v) is 11.7. The Morgan fingerprint density at radius 1 is 0.955 bits per heavy atom. The monoisotopic (exact) mass is 296 g/mol. The standard InChI is InChI=1S/C17H13FN2O2/c18-13-5-7-14(8-6-13)20-16(21)15-9-11-3-1-2-4-12(11)10-19(15)17(20)22/h1-8,15H,9-10H2. The van der Waals surface area contributed by atoms with E-state index in [2.05, 4.69) is 0 Å². The molecular formula is C17H13FN2O2. The predicted octanol–water partition coefficient (Wildman–Crippen LogP) is 2.72. The van der Waals surface area contributed by atoms with Crippen molar-refractivity contribution >= 4 is 17.6 Å². The van der Waals surface area contributed by atoms with Crippen molar-refractivity contribution in [3.8, 4) is 0 Å². The van der Waals surface area contributed by atoms with Crippen molar-refractivity contribution in [3.05, 3.63) is 65.5 Å². The highest BCUT2D eigenvalue weighted by Gasteiger charge is 2.47. The molecule has 0 spiro atoms. The van der Waals surface area contributed by atoms with Crippen molar-refractivity contribution < 1.29 is 14.0 Å². The molecule has 0 aromatic heterocycles. The summed E-state index contributed by atoms with van der Waals surface area (Å²) < 4.78 is 13.0. The van der Waals surface area contributed by atoms with Crippen LogP contribution < -0.4 is 4.90 Å². The topological polar surface area (TPSA) is 40.6 Å². The van der Waals surface area contributed by atoms with Crippen LogP contribution in [0, 0.1) is 5.82 Å². The first kappa shape index (κ1) is 13.0. The molecule has 1 atom stereocenters. The molecule has 0 aliphatic carbocycles. The van der Waals surface area contributed by atoms with Gasteiger partial charge in [-0.2, -0.15) is 0 Å². The molecule has 2 aliphatic rings. The normalized spacial score (nSPS) is 20.1. The number of hydrogen-bond donors (Lipinski definition) is 0. The number of urea groups is 1. The molecule has 5 heteroatoms. The highest BCUT2D eigenvalue weighted by Crippen LogP contribution is 2.32. The van der Waals surface area contributed by atoms with Crippen LogP contribution in [0.2, 0.25) is 0 Å². The lowest BCUT2D eigenvalue weighted by molar-refractivity contribution is -0.120. The molecule has 3 amide bonds. The largest absolute Gasteiger partial charge is 0.332 e. The minimum atomic E-state index is -0.465. The Morgan fingerprint density at radius 2 is 1.64 bits per heavy atom. The van der Waals surface area contributed by atoms with Crippen LogP contribution in [0.1, 0.15) is 11.1 Å². The van der Waals surface area contributed by atoms with Gasteiger partial charge in [0.2, 0.25) is 0 Å². The summed E-state index contributed by atoms with van der Waals surface area (Å²) in [5.41, 5.74) is 2.58. The molecule has 0 bridgehead atoms. The maximum atomic E-state index is 13.0. The smallest absolute Gasteiger partial charge is 0.307 e. The molecule has 4 nitrogen and oxygen atoms in total. The second kappa shape index (κ2) is 4.66. The average molecular weight is 296 g/mol. The zero-order valence-electron chi connectivity index (χ0n) is 11.7. The number of nitrogens with zero attached hydrogens (tertiary/aromatic N) is 2. The van der Waals surface area contributed by atoms with Crippen LogP contribution >= 0.6 is 0 Å². The highest BCUT2D eigenvalue weighted by atomic mass is 19.1. The van der Waals surface area contributed by atoms with Gasteiger partial charge in [0.25, 0.3) is 5.91 Å². The van der Waals surface area contributed by atoms with Gasteiger partial charge in [-0.05, 0) is 35.4 Å². The van der Waals surface area contributed by atoms with Gasteiger partial charge in [-0.15, -0.1) is 0 Å². The Morgan fingerprint density at radius 3 is 2.36 bits per heavy atom. The van der Waals surface area contributed by atoms with Gasteiger partial charge >= 0.3 is 6.03 Å². The summed E-state index contributed by atoms with van der Waals surface area (Å²) in [6.07, 6.45) is 0.526. The third-order valence-electron chi connectivity index (χ3n) is 4.28. The molecular weight excluding hydrogens is 283 g/mol. The van der Waals surface area contributed by atoms with Crippen LogP contribution in [0.15, 0.2) is 48.5 Å². The van der Waals surface area contributed by atoms with Gasteiger partial charge in [-0.25, -0.2) is 14.1 Å². The van der Waals surface area contributed by atoms with Gasteiger partial charge in [0, 0.05) is 13.0 Å². The Kier molecular flexibility index (Phi) is 2.76. The number of hydrogen-bond acceptors (Lipinski definition) is 2. The predicted molar refractivity (Wildman–Crippen MR) is 78.8 cm³/mol. The molecule has 0 saturated carbocycles. The van der Waals surface area contributed by atoms with Crippen molar-refractivity contribution in [2.24, 2.45) is 0 Å². The third kappa shape index (κ3) is 1.82. The van der Waals surface area contributed by atoms with Gasteiger partial charge < -0.3 is 4.90 Å². The number of rotatable bonds is 1. The van der Waals surface area contributed by atoms with Gasteiger partial charge in [-0.1, -0.05) is 24.3 Å². The summed E-state index contributed by atoms with van der Waals surface area (Å²) in [7, 11) is 0. The molecule has 1 unspecified atom stereocenters. The first-order chi connectivity index (χ1) is 10.6. The Hall–Kier alpha value is -2.69. The van der Waals surface area contributed by atoms with E-state index in [9.17, 15) is 14.0 Å². The zero-order chi connectivity index (χ0) is 15.3. The molecule has 4 rings (SSSR count). The molecule has 2 aliphatic heterocycles. The van der Waals surface area contributed by atoms with E-state index in [1.54, 1.807) is 4.90 Å². The van der Waals surface area contributed by atoms with Crippen LogP contribution in [0.4, 0.5) is 14.9 Å². The minimum Gasteiger partial charge on any atom is -0.307 e. The summed E-state index contributed by atoms with van der Waals surface area (Å²) in [4.78, 5) is 27.9. The van der Waals surface area contributed by atoms with Crippen LogP contribution in [-0.2, 0) is 17.8 Å². The maximum Gasteiger partial charge on any atom is 0.332 e. The molecule has 2 aromatic carbocycles. The van der Waals surface area contributed by atoms with Gasteiger partial charge in [0.1, 0.15) is 11.9 Å². The Bertz CT molecular complexity index is 729.